The first-order valence-electron chi connectivity index (χ1n) is 9.40. The SMILES string of the molecule is CC(C)(C)OC(=O)N1CCC(n2c3ccccc3c3ccccc32)CC1. The van der Waals surface area contributed by atoms with Gasteiger partial charge in [0.1, 0.15) is 5.60 Å². The number of rotatable bonds is 1. The zero-order chi connectivity index (χ0) is 18.3. The minimum absolute atomic E-state index is 0.196. The van der Waals surface area contributed by atoms with Crippen molar-refractivity contribution in [2.75, 3.05) is 13.1 Å². The van der Waals surface area contributed by atoms with Gasteiger partial charge < -0.3 is 14.2 Å². The fourth-order valence-corrected chi connectivity index (χ4v) is 3.98. The van der Waals surface area contributed by atoms with Crippen LogP contribution in [0.4, 0.5) is 4.79 Å². The van der Waals surface area contributed by atoms with Gasteiger partial charge in [-0.25, -0.2) is 4.79 Å². The Morgan fingerprint density at radius 2 is 1.42 bits per heavy atom. The molecule has 3 aromatic rings. The Kier molecular flexibility index (Phi) is 4.14. The first kappa shape index (κ1) is 17.0. The van der Waals surface area contributed by atoms with Crippen molar-refractivity contribution >= 4 is 27.9 Å². The van der Waals surface area contributed by atoms with E-state index < -0.39 is 5.60 Å². The van der Waals surface area contributed by atoms with Crippen LogP contribution >= 0.6 is 0 Å². The second-order valence-corrected chi connectivity index (χ2v) is 8.10. The maximum Gasteiger partial charge on any atom is 0.410 e. The van der Waals surface area contributed by atoms with Gasteiger partial charge >= 0.3 is 6.09 Å². The number of ether oxygens (including phenoxy) is 1. The number of aromatic nitrogens is 1. The molecule has 2 aromatic carbocycles. The Balaban J connectivity index is 1.61. The van der Waals surface area contributed by atoms with Crippen LogP contribution in [0.15, 0.2) is 48.5 Å². The van der Waals surface area contributed by atoms with E-state index in [2.05, 4.69) is 53.1 Å². The topological polar surface area (TPSA) is 34.5 Å². The molecule has 4 rings (SSSR count). The molecule has 1 amide bonds. The van der Waals surface area contributed by atoms with Gasteiger partial charge in [-0.3, -0.25) is 0 Å². The molecule has 1 saturated heterocycles. The highest BCUT2D eigenvalue weighted by Crippen LogP contribution is 2.35. The standard InChI is InChI=1S/C22H26N2O2/c1-22(2,3)26-21(25)23-14-12-16(13-15-23)24-19-10-6-4-8-17(19)18-9-5-7-11-20(18)24/h4-11,16H,12-15H2,1-3H3. The summed E-state index contributed by atoms with van der Waals surface area (Å²) in [6, 6.07) is 17.6. The van der Waals surface area contributed by atoms with E-state index >= 15 is 0 Å². The highest BCUT2D eigenvalue weighted by molar-refractivity contribution is 6.08. The highest BCUT2D eigenvalue weighted by atomic mass is 16.6. The van der Waals surface area contributed by atoms with Crippen LogP contribution in [0.5, 0.6) is 0 Å². The quantitative estimate of drug-likeness (QED) is 0.591. The Labute approximate surface area is 154 Å². The number of carbonyl (C=O) groups excluding carboxylic acids is 1. The Morgan fingerprint density at radius 1 is 0.923 bits per heavy atom. The zero-order valence-corrected chi connectivity index (χ0v) is 15.7. The Morgan fingerprint density at radius 3 is 1.92 bits per heavy atom. The summed E-state index contributed by atoms with van der Waals surface area (Å²) >= 11 is 0. The average Bonchev–Trinajstić information content (AvgIpc) is 2.95. The first-order chi connectivity index (χ1) is 12.4. The lowest BCUT2D eigenvalue weighted by Crippen LogP contribution is -2.42. The van der Waals surface area contributed by atoms with Gasteiger partial charge in [0.2, 0.25) is 0 Å². The third-order valence-corrected chi connectivity index (χ3v) is 5.10. The number of fused-ring (bicyclic) bond motifs is 3. The van der Waals surface area contributed by atoms with Gasteiger partial charge in [0, 0.05) is 40.9 Å². The van der Waals surface area contributed by atoms with E-state index in [1.807, 2.05) is 25.7 Å². The molecular formula is C22H26N2O2. The van der Waals surface area contributed by atoms with Crippen molar-refractivity contribution in [1.29, 1.82) is 0 Å². The Hall–Kier alpha value is -2.49. The highest BCUT2D eigenvalue weighted by Gasteiger charge is 2.28. The molecule has 2 heterocycles. The summed E-state index contributed by atoms with van der Waals surface area (Å²) in [7, 11) is 0. The monoisotopic (exact) mass is 350 g/mol. The molecular weight excluding hydrogens is 324 g/mol. The minimum Gasteiger partial charge on any atom is -0.444 e. The van der Waals surface area contributed by atoms with Gasteiger partial charge in [0.05, 0.1) is 0 Å². The third kappa shape index (κ3) is 3.05. The fourth-order valence-electron chi connectivity index (χ4n) is 3.98. The first-order valence-corrected chi connectivity index (χ1v) is 9.40. The lowest BCUT2D eigenvalue weighted by Gasteiger charge is -2.34. The number of hydrogen-bond acceptors (Lipinski definition) is 2. The number of likely N-dealkylation sites (tertiary alicyclic amines) is 1. The number of benzene rings is 2. The molecule has 0 atom stereocenters. The molecule has 0 N–H and O–H groups in total. The van der Waals surface area contributed by atoms with Crippen molar-refractivity contribution in [3.63, 3.8) is 0 Å². The summed E-state index contributed by atoms with van der Waals surface area (Å²) in [5.74, 6) is 0. The smallest absolute Gasteiger partial charge is 0.410 e. The number of carbonyl (C=O) groups is 1. The molecule has 0 bridgehead atoms. The van der Waals surface area contributed by atoms with Crippen LogP contribution in [-0.4, -0.2) is 34.3 Å². The lowest BCUT2D eigenvalue weighted by molar-refractivity contribution is 0.0191. The van der Waals surface area contributed by atoms with Crippen LogP contribution in [0.3, 0.4) is 0 Å². The predicted octanol–water partition coefficient (Wildman–Crippen LogP) is 5.37. The molecule has 1 aliphatic rings. The lowest BCUT2D eigenvalue weighted by atomic mass is 10.0. The normalized spacial score (nSPS) is 16.3. The van der Waals surface area contributed by atoms with Crippen LogP contribution in [-0.2, 0) is 4.74 Å². The van der Waals surface area contributed by atoms with Gasteiger partial charge in [0.15, 0.2) is 0 Å². The van der Waals surface area contributed by atoms with Crippen molar-refractivity contribution in [2.24, 2.45) is 0 Å². The minimum atomic E-state index is -0.444. The molecule has 136 valence electrons. The van der Waals surface area contributed by atoms with E-state index in [-0.39, 0.29) is 6.09 Å². The molecule has 4 nitrogen and oxygen atoms in total. The van der Waals surface area contributed by atoms with Crippen molar-refractivity contribution in [1.82, 2.24) is 9.47 Å². The maximum atomic E-state index is 12.3. The maximum absolute atomic E-state index is 12.3. The van der Waals surface area contributed by atoms with Gasteiger partial charge in [-0.2, -0.15) is 0 Å². The second-order valence-electron chi connectivity index (χ2n) is 8.10. The van der Waals surface area contributed by atoms with Crippen molar-refractivity contribution < 1.29 is 9.53 Å². The van der Waals surface area contributed by atoms with Gasteiger partial charge in [-0.1, -0.05) is 36.4 Å². The molecule has 1 aromatic heterocycles. The van der Waals surface area contributed by atoms with E-state index in [1.54, 1.807) is 0 Å². The van der Waals surface area contributed by atoms with E-state index in [4.69, 9.17) is 4.74 Å². The molecule has 0 unspecified atom stereocenters. The molecule has 0 aliphatic carbocycles. The molecule has 1 aliphatic heterocycles. The van der Waals surface area contributed by atoms with Crippen LogP contribution in [0, 0.1) is 0 Å². The largest absolute Gasteiger partial charge is 0.444 e. The number of piperidine rings is 1. The van der Waals surface area contributed by atoms with Crippen molar-refractivity contribution in [3.05, 3.63) is 48.5 Å². The summed E-state index contributed by atoms with van der Waals surface area (Å²) < 4.78 is 7.99. The van der Waals surface area contributed by atoms with Gasteiger partial charge in [0.25, 0.3) is 0 Å². The molecule has 0 spiro atoms. The number of para-hydroxylation sites is 2. The van der Waals surface area contributed by atoms with Gasteiger partial charge in [-0.15, -0.1) is 0 Å². The van der Waals surface area contributed by atoms with Crippen LogP contribution in [0.1, 0.15) is 39.7 Å². The summed E-state index contributed by atoms with van der Waals surface area (Å²) in [4.78, 5) is 14.2. The van der Waals surface area contributed by atoms with Crippen molar-refractivity contribution in [2.45, 2.75) is 45.3 Å². The fraction of sp³-hybridized carbons (Fsp3) is 0.409. The second kappa shape index (κ2) is 6.35. The molecule has 0 saturated carbocycles. The summed E-state index contributed by atoms with van der Waals surface area (Å²) in [5, 5.41) is 2.61. The third-order valence-electron chi connectivity index (χ3n) is 5.10. The van der Waals surface area contributed by atoms with Crippen molar-refractivity contribution in [3.8, 4) is 0 Å². The zero-order valence-electron chi connectivity index (χ0n) is 15.7. The Bertz CT molecular complexity index is 890. The van der Waals surface area contributed by atoms with E-state index in [9.17, 15) is 4.79 Å². The predicted molar refractivity (Wildman–Crippen MR) is 106 cm³/mol. The molecule has 1 fully saturated rings. The number of amides is 1. The average molecular weight is 350 g/mol. The summed E-state index contributed by atoms with van der Waals surface area (Å²) in [6.07, 6.45) is 1.70. The summed E-state index contributed by atoms with van der Waals surface area (Å²) in [5.41, 5.74) is 2.12. The molecule has 26 heavy (non-hydrogen) atoms. The van der Waals surface area contributed by atoms with Crippen LogP contribution in [0.2, 0.25) is 0 Å². The summed E-state index contributed by atoms with van der Waals surface area (Å²) in [6.45, 7) is 7.21. The van der Waals surface area contributed by atoms with E-state index in [1.165, 1.54) is 21.8 Å². The number of hydrogen-bond donors (Lipinski definition) is 0. The van der Waals surface area contributed by atoms with Crippen LogP contribution < -0.4 is 0 Å². The van der Waals surface area contributed by atoms with Crippen LogP contribution in [0.25, 0.3) is 21.8 Å². The van der Waals surface area contributed by atoms with E-state index in [0.29, 0.717) is 6.04 Å². The molecule has 4 heteroatoms. The molecule has 0 radical (unpaired) electrons. The van der Waals surface area contributed by atoms with E-state index in [0.717, 1.165) is 25.9 Å². The number of nitrogens with zero attached hydrogens (tertiary/aromatic N) is 2. The van der Waals surface area contributed by atoms with Gasteiger partial charge in [-0.05, 0) is 45.7 Å².